The molecule has 0 atom stereocenters. The molecule has 4 rings (SSSR count). The van der Waals surface area contributed by atoms with Crippen molar-refractivity contribution in [1.82, 2.24) is 0 Å². The third kappa shape index (κ3) is 4.20. The van der Waals surface area contributed by atoms with Crippen molar-refractivity contribution in [3.05, 3.63) is 46.5 Å². The van der Waals surface area contributed by atoms with E-state index in [1.54, 1.807) is 6.07 Å². The number of hydrogen-bond acceptors (Lipinski definition) is 4. The fourth-order valence-corrected chi connectivity index (χ4v) is 4.11. The van der Waals surface area contributed by atoms with Gasteiger partial charge in [-0.25, -0.2) is 0 Å². The number of amides is 1. The van der Waals surface area contributed by atoms with Crippen LogP contribution >= 0.6 is 11.6 Å². The number of rotatable bonds is 4. The van der Waals surface area contributed by atoms with E-state index in [0.717, 1.165) is 30.8 Å². The summed E-state index contributed by atoms with van der Waals surface area (Å²) in [5.74, 6) is 1.09. The highest BCUT2D eigenvalue weighted by Crippen LogP contribution is 2.38. The number of fused-ring (bicyclic) bond motifs is 1. The molecule has 28 heavy (non-hydrogen) atoms. The summed E-state index contributed by atoms with van der Waals surface area (Å²) in [5, 5.41) is 3.47. The Morgan fingerprint density at radius 1 is 1.11 bits per heavy atom. The van der Waals surface area contributed by atoms with Crippen LogP contribution in [0.25, 0.3) is 0 Å². The number of halogens is 1. The molecule has 1 N–H and O–H groups in total. The van der Waals surface area contributed by atoms with Gasteiger partial charge in [0.25, 0.3) is 0 Å². The molecule has 0 aliphatic carbocycles. The molecule has 2 aromatic carbocycles. The van der Waals surface area contributed by atoms with Gasteiger partial charge in [0.2, 0.25) is 5.91 Å². The maximum absolute atomic E-state index is 12.5. The molecule has 2 heterocycles. The van der Waals surface area contributed by atoms with Crippen molar-refractivity contribution in [2.24, 2.45) is 0 Å². The summed E-state index contributed by atoms with van der Waals surface area (Å²) in [6.07, 6.45) is 3.53. The standard InChI is InChI=1S/C22H25ClN2O3/c1-15-11-17(5-6-19(15)25-7-2-3-8-25)24-21(26)14-16-12-18(23)22-20(13-16)27-9-4-10-28-22/h5-6,11-13H,2-4,7-10,14H2,1H3,(H,24,26). The molecule has 1 amide bonds. The molecule has 2 aliphatic heterocycles. The molecule has 148 valence electrons. The zero-order valence-corrected chi connectivity index (χ0v) is 16.8. The fourth-order valence-electron chi connectivity index (χ4n) is 3.82. The van der Waals surface area contributed by atoms with Crippen molar-refractivity contribution in [1.29, 1.82) is 0 Å². The van der Waals surface area contributed by atoms with Crippen LogP contribution in [-0.2, 0) is 11.2 Å². The third-order valence-corrected chi connectivity index (χ3v) is 5.43. The van der Waals surface area contributed by atoms with Gasteiger partial charge in [-0.2, -0.15) is 0 Å². The summed E-state index contributed by atoms with van der Waals surface area (Å²) in [5.41, 5.74) is 4.05. The van der Waals surface area contributed by atoms with Gasteiger partial charge in [0.15, 0.2) is 11.5 Å². The Morgan fingerprint density at radius 3 is 2.68 bits per heavy atom. The average molecular weight is 401 g/mol. The predicted molar refractivity (Wildman–Crippen MR) is 112 cm³/mol. The van der Waals surface area contributed by atoms with Crippen molar-refractivity contribution >= 4 is 28.9 Å². The number of nitrogens with one attached hydrogen (secondary N) is 1. The Bertz CT molecular complexity index is 878. The lowest BCUT2D eigenvalue weighted by Crippen LogP contribution is -2.19. The Balaban J connectivity index is 1.44. The first-order valence-electron chi connectivity index (χ1n) is 9.83. The molecule has 0 spiro atoms. The van der Waals surface area contributed by atoms with Crippen molar-refractivity contribution in [3.63, 3.8) is 0 Å². The summed E-state index contributed by atoms with van der Waals surface area (Å²) in [6.45, 7) is 5.47. The number of nitrogens with zero attached hydrogens (tertiary/aromatic N) is 1. The van der Waals surface area contributed by atoms with E-state index in [4.69, 9.17) is 21.1 Å². The van der Waals surface area contributed by atoms with Gasteiger partial charge in [0.1, 0.15) is 0 Å². The van der Waals surface area contributed by atoms with E-state index in [-0.39, 0.29) is 12.3 Å². The molecule has 6 heteroatoms. The summed E-state index contributed by atoms with van der Waals surface area (Å²) < 4.78 is 11.3. The molecule has 0 saturated carbocycles. The van der Waals surface area contributed by atoms with Gasteiger partial charge in [0.05, 0.1) is 24.7 Å². The van der Waals surface area contributed by atoms with Crippen LogP contribution < -0.4 is 19.7 Å². The minimum absolute atomic E-state index is 0.0844. The highest BCUT2D eigenvalue weighted by atomic mass is 35.5. The van der Waals surface area contributed by atoms with Gasteiger partial charge in [-0.1, -0.05) is 11.6 Å². The van der Waals surface area contributed by atoms with Crippen LogP contribution in [0.1, 0.15) is 30.4 Å². The van der Waals surface area contributed by atoms with Crippen molar-refractivity contribution in [3.8, 4) is 11.5 Å². The number of hydrogen-bond donors (Lipinski definition) is 1. The van der Waals surface area contributed by atoms with Crippen LogP contribution in [0.3, 0.4) is 0 Å². The molecule has 2 aromatic rings. The van der Waals surface area contributed by atoms with E-state index in [1.807, 2.05) is 18.2 Å². The lowest BCUT2D eigenvalue weighted by molar-refractivity contribution is -0.115. The van der Waals surface area contributed by atoms with Gasteiger partial charge in [-0.15, -0.1) is 0 Å². The molecule has 5 nitrogen and oxygen atoms in total. The zero-order valence-electron chi connectivity index (χ0n) is 16.1. The molecule has 0 bridgehead atoms. The van der Waals surface area contributed by atoms with E-state index in [1.165, 1.54) is 24.1 Å². The van der Waals surface area contributed by atoms with Crippen LogP contribution in [0.15, 0.2) is 30.3 Å². The van der Waals surface area contributed by atoms with Crippen LogP contribution in [0.2, 0.25) is 5.02 Å². The molecule has 0 aromatic heterocycles. The number of aryl methyl sites for hydroxylation is 1. The second-order valence-corrected chi connectivity index (χ2v) is 7.78. The number of carbonyl (C=O) groups is 1. The van der Waals surface area contributed by atoms with Gasteiger partial charge in [-0.05, 0) is 61.2 Å². The van der Waals surface area contributed by atoms with Gasteiger partial charge in [-0.3, -0.25) is 4.79 Å². The fraction of sp³-hybridized carbons (Fsp3) is 0.409. The van der Waals surface area contributed by atoms with E-state index in [2.05, 4.69) is 23.2 Å². The first-order chi connectivity index (χ1) is 13.6. The summed E-state index contributed by atoms with van der Waals surface area (Å²) in [4.78, 5) is 14.9. The number of carbonyl (C=O) groups excluding carboxylic acids is 1. The first kappa shape index (κ1) is 18.9. The van der Waals surface area contributed by atoms with Gasteiger partial charge >= 0.3 is 0 Å². The summed E-state index contributed by atoms with van der Waals surface area (Å²) in [7, 11) is 0. The predicted octanol–water partition coefficient (Wildman–Crippen LogP) is 4.59. The zero-order chi connectivity index (χ0) is 19.5. The highest BCUT2D eigenvalue weighted by Gasteiger charge is 2.18. The Kier molecular flexibility index (Phi) is 5.62. The monoisotopic (exact) mass is 400 g/mol. The van der Waals surface area contributed by atoms with E-state index in [9.17, 15) is 4.79 Å². The van der Waals surface area contributed by atoms with Crippen molar-refractivity contribution < 1.29 is 14.3 Å². The van der Waals surface area contributed by atoms with E-state index < -0.39 is 0 Å². The molecular formula is C22H25ClN2O3. The normalized spacial score (nSPS) is 16.0. The molecule has 0 radical (unpaired) electrons. The second-order valence-electron chi connectivity index (χ2n) is 7.38. The topological polar surface area (TPSA) is 50.8 Å². The third-order valence-electron chi connectivity index (χ3n) is 5.15. The van der Waals surface area contributed by atoms with Crippen LogP contribution in [0.4, 0.5) is 11.4 Å². The first-order valence-corrected chi connectivity index (χ1v) is 10.2. The highest BCUT2D eigenvalue weighted by molar-refractivity contribution is 6.32. The minimum Gasteiger partial charge on any atom is -0.489 e. The molecular weight excluding hydrogens is 376 g/mol. The quantitative estimate of drug-likeness (QED) is 0.815. The van der Waals surface area contributed by atoms with Crippen LogP contribution in [0.5, 0.6) is 11.5 Å². The lowest BCUT2D eigenvalue weighted by Gasteiger charge is -2.20. The Hall–Kier alpha value is -2.40. The second kappa shape index (κ2) is 8.31. The molecule has 0 unspecified atom stereocenters. The Labute approximate surface area is 170 Å². The van der Waals surface area contributed by atoms with E-state index in [0.29, 0.717) is 29.7 Å². The van der Waals surface area contributed by atoms with Crippen LogP contribution in [0, 0.1) is 6.92 Å². The number of anilines is 2. The van der Waals surface area contributed by atoms with Crippen molar-refractivity contribution in [2.45, 2.75) is 32.6 Å². The SMILES string of the molecule is Cc1cc(NC(=O)Cc2cc(Cl)c3c(c2)OCCCO3)ccc1N1CCCC1. The van der Waals surface area contributed by atoms with Crippen LogP contribution in [-0.4, -0.2) is 32.2 Å². The molecule has 1 fully saturated rings. The molecule has 2 aliphatic rings. The molecule has 1 saturated heterocycles. The number of ether oxygens (including phenoxy) is 2. The maximum atomic E-state index is 12.5. The maximum Gasteiger partial charge on any atom is 0.228 e. The largest absolute Gasteiger partial charge is 0.489 e. The Morgan fingerprint density at radius 2 is 1.89 bits per heavy atom. The average Bonchev–Trinajstić information content (AvgIpc) is 3.07. The summed E-state index contributed by atoms with van der Waals surface area (Å²) in [6, 6.07) is 9.72. The number of benzene rings is 2. The van der Waals surface area contributed by atoms with E-state index >= 15 is 0 Å². The summed E-state index contributed by atoms with van der Waals surface area (Å²) >= 11 is 6.32. The minimum atomic E-state index is -0.0844. The smallest absolute Gasteiger partial charge is 0.228 e. The lowest BCUT2D eigenvalue weighted by atomic mass is 10.1. The van der Waals surface area contributed by atoms with Gasteiger partial charge < -0.3 is 19.7 Å². The van der Waals surface area contributed by atoms with Gasteiger partial charge in [0, 0.05) is 30.9 Å². The van der Waals surface area contributed by atoms with Crippen molar-refractivity contribution in [2.75, 3.05) is 36.5 Å².